The number of carbonyl (C=O) groups excluding carboxylic acids is 1. The Kier molecular flexibility index (Phi) is 3.04. The predicted octanol–water partition coefficient (Wildman–Crippen LogP) is 2.75. The number of aromatic amines is 1. The normalized spacial score (nSPS) is 20.3. The zero-order valence-corrected chi connectivity index (χ0v) is 11.2. The number of aromatic nitrogens is 1. The third-order valence-electron chi connectivity index (χ3n) is 3.43. The second kappa shape index (κ2) is 4.69. The Labute approximate surface area is 111 Å². The lowest BCUT2D eigenvalue weighted by Gasteiger charge is -2.33. The molecule has 3 nitrogen and oxygen atoms in total. The number of nitrogens with one attached hydrogen (secondary N) is 1. The van der Waals surface area contributed by atoms with Gasteiger partial charge < -0.3 is 9.88 Å². The quantitative estimate of drug-likeness (QED) is 0.856. The van der Waals surface area contributed by atoms with E-state index in [-0.39, 0.29) is 5.91 Å². The van der Waals surface area contributed by atoms with Gasteiger partial charge in [0.2, 0.25) is 0 Å². The standard InChI is InChI=1S/C14H16N2OS/c1-10-9-18-7-6-16(10)14(17)12-3-2-11-4-5-15-13(11)8-12/h2-5,8,10,15H,6-7,9H2,1H3. The van der Waals surface area contributed by atoms with Crippen molar-refractivity contribution in [1.82, 2.24) is 9.88 Å². The largest absolute Gasteiger partial charge is 0.361 e. The van der Waals surface area contributed by atoms with E-state index in [1.807, 2.05) is 47.1 Å². The number of H-pyrrole nitrogens is 1. The topological polar surface area (TPSA) is 36.1 Å². The van der Waals surface area contributed by atoms with E-state index in [0.717, 1.165) is 34.5 Å². The summed E-state index contributed by atoms with van der Waals surface area (Å²) in [6.45, 7) is 2.98. The third kappa shape index (κ3) is 2.01. The molecule has 0 spiro atoms. The summed E-state index contributed by atoms with van der Waals surface area (Å²) in [4.78, 5) is 17.6. The summed E-state index contributed by atoms with van der Waals surface area (Å²) in [5, 5.41) is 1.15. The van der Waals surface area contributed by atoms with E-state index in [4.69, 9.17) is 0 Å². The van der Waals surface area contributed by atoms with Crippen LogP contribution in [0.4, 0.5) is 0 Å². The molecule has 94 valence electrons. The van der Waals surface area contributed by atoms with Gasteiger partial charge in [0.25, 0.3) is 5.91 Å². The summed E-state index contributed by atoms with van der Waals surface area (Å²) < 4.78 is 0. The van der Waals surface area contributed by atoms with Crippen LogP contribution in [0.5, 0.6) is 0 Å². The van der Waals surface area contributed by atoms with Crippen molar-refractivity contribution >= 4 is 28.6 Å². The highest BCUT2D eigenvalue weighted by Crippen LogP contribution is 2.20. The van der Waals surface area contributed by atoms with Gasteiger partial charge in [0.05, 0.1) is 0 Å². The van der Waals surface area contributed by atoms with Crippen molar-refractivity contribution in [3.8, 4) is 0 Å². The number of carbonyl (C=O) groups is 1. The Balaban J connectivity index is 1.90. The fourth-order valence-electron chi connectivity index (χ4n) is 2.38. The summed E-state index contributed by atoms with van der Waals surface area (Å²) in [5.41, 5.74) is 1.81. The van der Waals surface area contributed by atoms with Crippen LogP contribution in [0.25, 0.3) is 10.9 Å². The second-order valence-corrected chi connectivity index (χ2v) is 5.85. The van der Waals surface area contributed by atoms with E-state index >= 15 is 0 Å². The molecule has 0 bridgehead atoms. The molecule has 1 N–H and O–H groups in total. The highest BCUT2D eigenvalue weighted by molar-refractivity contribution is 7.99. The summed E-state index contributed by atoms with van der Waals surface area (Å²) in [5.74, 6) is 2.23. The molecule has 2 heterocycles. The molecule has 0 aliphatic carbocycles. The van der Waals surface area contributed by atoms with Gasteiger partial charge in [0, 0.05) is 41.4 Å². The summed E-state index contributed by atoms with van der Waals surface area (Å²) in [6.07, 6.45) is 1.90. The molecule has 1 aliphatic rings. The van der Waals surface area contributed by atoms with E-state index in [1.54, 1.807) is 0 Å². The van der Waals surface area contributed by atoms with Crippen LogP contribution < -0.4 is 0 Å². The van der Waals surface area contributed by atoms with Crippen molar-refractivity contribution < 1.29 is 4.79 Å². The molecule has 1 unspecified atom stereocenters. The van der Waals surface area contributed by atoms with Gasteiger partial charge in [0.1, 0.15) is 0 Å². The lowest BCUT2D eigenvalue weighted by atomic mass is 10.1. The minimum atomic E-state index is 0.152. The fraction of sp³-hybridized carbons (Fsp3) is 0.357. The summed E-state index contributed by atoms with van der Waals surface area (Å²) in [7, 11) is 0. The van der Waals surface area contributed by atoms with Crippen LogP contribution in [0.1, 0.15) is 17.3 Å². The van der Waals surface area contributed by atoms with Gasteiger partial charge in [-0.3, -0.25) is 4.79 Å². The fourth-order valence-corrected chi connectivity index (χ4v) is 3.39. The van der Waals surface area contributed by atoms with Crippen LogP contribution in [-0.2, 0) is 0 Å². The zero-order valence-electron chi connectivity index (χ0n) is 10.3. The van der Waals surface area contributed by atoms with E-state index in [1.165, 1.54) is 0 Å². The maximum Gasteiger partial charge on any atom is 0.254 e. The molecule has 0 radical (unpaired) electrons. The molecule has 1 saturated heterocycles. The average Bonchev–Trinajstić information content (AvgIpc) is 2.85. The van der Waals surface area contributed by atoms with Crippen molar-refractivity contribution in [1.29, 1.82) is 0 Å². The minimum absolute atomic E-state index is 0.152. The lowest BCUT2D eigenvalue weighted by molar-refractivity contribution is 0.0716. The Morgan fingerprint density at radius 2 is 2.33 bits per heavy atom. The summed E-state index contributed by atoms with van der Waals surface area (Å²) >= 11 is 1.92. The van der Waals surface area contributed by atoms with Gasteiger partial charge in [0.15, 0.2) is 0 Å². The molecule has 18 heavy (non-hydrogen) atoms. The number of fused-ring (bicyclic) bond motifs is 1. The van der Waals surface area contributed by atoms with E-state index in [2.05, 4.69) is 11.9 Å². The predicted molar refractivity (Wildman–Crippen MR) is 76.1 cm³/mol. The monoisotopic (exact) mass is 260 g/mol. The van der Waals surface area contributed by atoms with Crippen LogP contribution in [0.15, 0.2) is 30.5 Å². The molecule has 0 saturated carbocycles. The third-order valence-corrected chi connectivity index (χ3v) is 4.62. The number of hydrogen-bond acceptors (Lipinski definition) is 2. The molecule has 1 atom stereocenters. The maximum absolute atomic E-state index is 12.5. The smallest absolute Gasteiger partial charge is 0.254 e. The zero-order chi connectivity index (χ0) is 12.5. The van der Waals surface area contributed by atoms with Gasteiger partial charge in [-0.25, -0.2) is 0 Å². The average molecular weight is 260 g/mol. The van der Waals surface area contributed by atoms with Crippen LogP contribution in [0.2, 0.25) is 0 Å². The molecule has 4 heteroatoms. The number of benzene rings is 1. The Bertz CT molecular complexity index is 578. The van der Waals surface area contributed by atoms with Gasteiger partial charge in [-0.15, -0.1) is 0 Å². The first-order valence-corrected chi connectivity index (χ1v) is 7.37. The first-order valence-electron chi connectivity index (χ1n) is 6.21. The van der Waals surface area contributed by atoms with Crippen molar-refractivity contribution in [2.75, 3.05) is 18.1 Å². The van der Waals surface area contributed by atoms with Crippen molar-refractivity contribution in [3.05, 3.63) is 36.0 Å². The number of amides is 1. The lowest BCUT2D eigenvalue weighted by Crippen LogP contribution is -2.44. The number of hydrogen-bond donors (Lipinski definition) is 1. The molecule has 2 aromatic rings. The van der Waals surface area contributed by atoms with Gasteiger partial charge in [-0.1, -0.05) is 6.07 Å². The van der Waals surface area contributed by atoms with Crippen LogP contribution in [0.3, 0.4) is 0 Å². The number of thioether (sulfide) groups is 1. The highest BCUT2D eigenvalue weighted by atomic mass is 32.2. The molecule has 1 amide bonds. The van der Waals surface area contributed by atoms with E-state index < -0.39 is 0 Å². The van der Waals surface area contributed by atoms with Crippen molar-refractivity contribution in [2.45, 2.75) is 13.0 Å². The van der Waals surface area contributed by atoms with Gasteiger partial charge in [-0.05, 0) is 30.5 Å². The van der Waals surface area contributed by atoms with Crippen molar-refractivity contribution in [2.24, 2.45) is 0 Å². The Hall–Kier alpha value is -1.42. The number of nitrogens with zero attached hydrogens (tertiary/aromatic N) is 1. The minimum Gasteiger partial charge on any atom is -0.361 e. The highest BCUT2D eigenvalue weighted by Gasteiger charge is 2.24. The van der Waals surface area contributed by atoms with Gasteiger partial charge in [-0.2, -0.15) is 11.8 Å². The molecule has 1 aliphatic heterocycles. The molecule has 1 aromatic carbocycles. The molecule has 3 rings (SSSR count). The maximum atomic E-state index is 12.5. The second-order valence-electron chi connectivity index (χ2n) is 4.70. The van der Waals surface area contributed by atoms with E-state index in [9.17, 15) is 4.79 Å². The first-order chi connectivity index (χ1) is 8.75. The van der Waals surface area contributed by atoms with Crippen LogP contribution in [-0.4, -0.2) is 39.9 Å². The van der Waals surface area contributed by atoms with Crippen LogP contribution >= 0.6 is 11.8 Å². The summed E-state index contributed by atoms with van der Waals surface area (Å²) in [6, 6.07) is 8.22. The van der Waals surface area contributed by atoms with Gasteiger partial charge >= 0.3 is 0 Å². The van der Waals surface area contributed by atoms with Crippen LogP contribution in [0, 0.1) is 0 Å². The Morgan fingerprint density at radius 1 is 1.44 bits per heavy atom. The first kappa shape index (κ1) is 11.7. The molecular formula is C14H16N2OS. The van der Waals surface area contributed by atoms with E-state index in [0.29, 0.717) is 6.04 Å². The molecule has 1 fully saturated rings. The molecule has 1 aromatic heterocycles. The number of rotatable bonds is 1. The SMILES string of the molecule is CC1CSCCN1C(=O)c1ccc2cc[nH]c2c1. The molecular weight excluding hydrogens is 244 g/mol. The van der Waals surface area contributed by atoms with Crippen molar-refractivity contribution in [3.63, 3.8) is 0 Å². The Morgan fingerprint density at radius 3 is 3.17 bits per heavy atom.